The van der Waals surface area contributed by atoms with Gasteiger partial charge in [0.15, 0.2) is 0 Å². The highest BCUT2D eigenvalue weighted by atomic mass is 15.1. The quantitative estimate of drug-likeness (QED) is 0.609. The van der Waals surface area contributed by atoms with E-state index in [0.29, 0.717) is 6.04 Å². The summed E-state index contributed by atoms with van der Waals surface area (Å²) in [4.78, 5) is 2.30. The Morgan fingerprint density at radius 3 is 2.75 bits per heavy atom. The molecule has 12 heavy (non-hydrogen) atoms. The molecule has 0 bridgehead atoms. The van der Waals surface area contributed by atoms with Crippen molar-refractivity contribution in [3.63, 3.8) is 0 Å². The van der Waals surface area contributed by atoms with Crippen LogP contribution in [0.15, 0.2) is 0 Å². The first-order valence-electron chi connectivity index (χ1n) is 4.63. The van der Waals surface area contributed by atoms with E-state index >= 15 is 0 Å². The second-order valence-corrected chi connectivity index (χ2v) is 3.58. The van der Waals surface area contributed by atoms with E-state index < -0.39 is 0 Å². The molecule has 0 radical (unpaired) electrons. The minimum atomic E-state index is 0.568. The Morgan fingerprint density at radius 2 is 2.33 bits per heavy atom. The fourth-order valence-electron chi connectivity index (χ4n) is 1.62. The fourth-order valence-corrected chi connectivity index (χ4v) is 1.62. The Balaban J connectivity index is 2.27. The van der Waals surface area contributed by atoms with Crippen LogP contribution in [-0.2, 0) is 0 Å². The zero-order valence-corrected chi connectivity index (χ0v) is 7.79. The van der Waals surface area contributed by atoms with Crippen molar-refractivity contribution in [3.05, 3.63) is 0 Å². The Kier molecular flexibility index (Phi) is 3.58. The molecular formula is C10H18N2. The van der Waals surface area contributed by atoms with E-state index in [-0.39, 0.29) is 0 Å². The van der Waals surface area contributed by atoms with E-state index in [9.17, 15) is 0 Å². The lowest BCUT2D eigenvalue weighted by atomic mass is 10.1. The van der Waals surface area contributed by atoms with Gasteiger partial charge in [-0.2, -0.15) is 0 Å². The number of terminal acetylenes is 1. The van der Waals surface area contributed by atoms with Crippen LogP contribution in [0, 0.1) is 18.3 Å². The second-order valence-electron chi connectivity index (χ2n) is 3.58. The normalized spacial score (nSPS) is 19.2. The van der Waals surface area contributed by atoms with Crippen LogP contribution in [-0.4, -0.2) is 31.1 Å². The van der Waals surface area contributed by atoms with Crippen molar-refractivity contribution in [2.75, 3.05) is 20.1 Å². The highest BCUT2D eigenvalue weighted by Crippen LogP contribution is 2.34. The van der Waals surface area contributed by atoms with Crippen LogP contribution in [0.25, 0.3) is 0 Å². The smallest absolute Gasteiger partial charge is 0.0243 e. The lowest BCUT2D eigenvalue weighted by Gasteiger charge is -2.25. The van der Waals surface area contributed by atoms with Gasteiger partial charge in [0, 0.05) is 25.6 Å². The van der Waals surface area contributed by atoms with Gasteiger partial charge in [-0.1, -0.05) is 0 Å². The molecule has 0 amide bonds. The number of hydrogen-bond donors (Lipinski definition) is 1. The van der Waals surface area contributed by atoms with Crippen molar-refractivity contribution in [2.45, 2.75) is 25.3 Å². The molecule has 1 saturated carbocycles. The van der Waals surface area contributed by atoms with Gasteiger partial charge in [-0.05, 0) is 25.8 Å². The molecule has 1 unspecified atom stereocenters. The van der Waals surface area contributed by atoms with E-state index in [0.717, 1.165) is 25.4 Å². The summed E-state index contributed by atoms with van der Waals surface area (Å²) in [5, 5.41) is 0. The SMILES string of the molecule is C#CCCN(C)C(CN)C1CC1. The van der Waals surface area contributed by atoms with E-state index in [1.54, 1.807) is 0 Å². The van der Waals surface area contributed by atoms with Gasteiger partial charge >= 0.3 is 0 Å². The van der Waals surface area contributed by atoms with E-state index in [1.165, 1.54) is 12.8 Å². The molecule has 0 heterocycles. The summed E-state index contributed by atoms with van der Waals surface area (Å²) in [6, 6.07) is 0.568. The maximum atomic E-state index is 5.69. The predicted molar refractivity (Wildman–Crippen MR) is 51.6 cm³/mol. The molecule has 2 heteroatoms. The molecule has 1 rings (SSSR count). The van der Waals surface area contributed by atoms with Crippen LogP contribution in [0.1, 0.15) is 19.3 Å². The molecule has 68 valence electrons. The summed E-state index contributed by atoms with van der Waals surface area (Å²) in [5.74, 6) is 3.50. The lowest BCUT2D eigenvalue weighted by molar-refractivity contribution is 0.228. The van der Waals surface area contributed by atoms with Crippen LogP contribution in [0.2, 0.25) is 0 Å². The van der Waals surface area contributed by atoms with E-state index in [1.807, 2.05) is 0 Å². The molecular weight excluding hydrogens is 148 g/mol. The third-order valence-electron chi connectivity index (χ3n) is 2.58. The maximum absolute atomic E-state index is 5.69. The van der Waals surface area contributed by atoms with Gasteiger partial charge in [0.25, 0.3) is 0 Å². The number of likely N-dealkylation sites (N-methyl/N-ethyl adjacent to an activating group) is 1. The largest absolute Gasteiger partial charge is 0.329 e. The fraction of sp³-hybridized carbons (Fsp3) is 0.800. The van der Waals surface area contributed by atoms with Gasteiger partial charge in [0.05, 0.1) is 0 Å². The number of nitrogens with zero attached hydrogens (tertiary/aromatic N) is 1. The molecule has 2 N–H and O–H groups in total. The molecule has 1 atom stereocenters. The molecule has 0 aromatic rings. The Hall–Kier alpha value is -0.520. The van der Waals surface area contributed by atoms with Gasteiger partial charge in [0.2, 0.25) is 0 Å². The Morgan fingerprint density at radius 1 is 1.67 bits per heavy atom. The highest BCUT2D eigenvalue weighted by molar-refractivity contribution is 4.90. The van der Waals surface area contributed by atoms with Crippen molar-refractivity contribution in [1.82, 2.24) is 4.90 Å². The summed E-state index contributed by atoms with van der Waals surface area (Å²) in [6.45, 7) is 1.75. The van der Waals surface area contributed by atoms with E-state index in [2.05, 4.69) is 17.9 Å². The van der Waals surface area contributed by atoms with Crippen molar-refractivity contribution in [2.24, 2.45) is 11.7 Å². The van der Waals surface area contributed by atoms with Crippen molar-refractivity contribution in [3.8, 4) is 12.3 Å². The van der Waals surface area contributed by atoms with Crippen LogP contribution in [0.3, 0.4) is 0 Å². The first-order valence-corrected chi connectivity index (χ1v) is 4.63. The Bertz CT molecular complexity index is 167. The molecule has 1 aliphatic carbocycles. The van der Waals surface area contributed by atoms with Crippen molar-refractivity contribution in [1.29, 1.82) is 0 Å². The zero-order chi connectivity index (χ0) is 8.97. The van der Waals surface area contributed by atoms with Gasteiger partial charge in [-0.25, -0.2) is 0 Å². The average molecular weight is 166 g/mol. The molecule has 0 aliphatic heterocycles. The number of rotatable bonds is 5. The first kappa shape index (κ1) is 9.57. The summed E-state index contributed by atoms with van der Waals surface area (Å²) in [6.07, 6.45) is 8.73. The summed E-state index contributed by atoms with van der Waals surface area (Å²) >= 11 is 0. The molecule has 1 aliphatic rings. The van der Waals surface area contributed by atoms with Gasteiger partial charge in [0.1, 0.15) is 0 Å². The Labute approximate surface area is 75.1 Å². The average Bonchev–Trinajstić information content (AvgIpc) is 2.86. The topological polar surface area (TPSA) is 29.3 Å². The minimum absolute atomic E-state index is 0.568. The van der Waals surface area contributed by atoms with Crippen molar-refractivity contribution < 1.29 is 0 Å². The molecule has 0 aromatic carbocycles. The van der Waals surface area contributed by atoms with E-state index in [4.69, 9.17) is 12.2 Å². The van der Waals surface area contributed by atoms with Crippen LogP contribution >= 0.6 is 0 Å². The molecule has 2 nitrogen and oxygen atoms in total. The molecule has 1 fully saturated rings. The van der Waals surface area contributed by atoms with Gasteiger partial charge in [-0.15, -0.1) is 12.3 Å². The van der Waals surface area contributed by atoms with Crippen LogP contribution < -0.4 is 5.73 Å². The summed E-state index contributed by atoms with van der Waals surface area (Å²) in [5.41, 5.74) is 5.69. The monoisotopic (exact) mass is 166 g/mol. The number of hydrogen-bond acceptors (Lipinski definition) is 2. The predicted octanol–water partition coefficient (Wildman–Crippen LogP) is 0.679. The van der Waals surface area contributed by atoms with Gasteiger partial charge < -0.3 is 10.6 Å². The molecule has 0 aromatic heterocycles. The number of nitrogens with two attached hydrogens (primary N) is 1. The standard InChI is InChI=1S/C10H18N2/c1-3-4-7-12(2)10(8-11)9-5-6-9/h1,9-10H,4-8,11H2,2H3. The van der Waals surface area contributed by atoms with Crippen LogP contribution in [0.4, 0.5) is 0 Å². The molecule has 0 spiro atoms. The lowest BCUT2D eigenvalue weighted by Crippen LogP contribution is -2.39. The minimum Gasteiger partial charge on any atom is -0.329 e. The zero-order valence-electron chi connectivity index (χ0n) is 7.79. The van der Waals surface area contributed by atoms with Crippen molar-refractivity contribution >= 4 is 0 Å². The highest BCUT2D eigenvalue weighted by Gasteiger charge is 2.32. The second kappa shape index (κ2) is 4.49. The molecule has 0 saturated heterocycles. The van der Waals surface area contributed by atoms with Gasteiger partial charge in [-0.3, -0.25) is 0 Å². The summed E-state index contributed by atoms with van der Waals surface area (Å²) < 4.78 is 0. The maximum Gasteiger partial charge on any atom is 0.0243 e. The third-order valence-corrected chi connectivity index (χ3v) is 2.58. The first-order chi connectivity index (χ1) is 5.79. The third kappa shape index (κ3) is 2.51. The van der Waals surface area contributed by atoms with Crippen LogP contribution in [0.5, 0.6) is 0 Å². The summed E-state index contributed by atoms with van der Waals surface area (Å²) in [7, 11) is 2.12.